The van der Waals surface area contributed by atoms with Gasteiger partial charge >= 0.3 is 0 Å². The summed E-state index contributed by atoms with van der Waals surface area (Å²) >= 11 is 6.02. The molecule has 0 aliphatic heterocycles. The van der Waals surface area contributed by atoms with E-state index < -0.39 is 0 Å². The maximum Gasteiger partial charge on any atom is 0.150 e. The minimum absolute atomic E-state index is 0.656. The zero-order valence-corrected chi connectivity index (χ0v) is 11.4. The minimum atomic E-state index is 0.656. The Labute approximate surface area is 118 Å². The highest BCUT2D eigenvalue weighted by Gasteiger charge is 2.19. The summed E-state index contributed by atoms with van der Waals surface area (Å²) in [4.78, 5) is 11.1. The van der Waals surface area contributed by atoms with Gasteiger partial charge in [-0.1, -0.05) is 42.3 Å². The predicted octanol–water partition coefficient (Wildman–Crippen LogP) is 5.09. The van der Waals surface area contributed by atoms with Crippen molar-refractivity contribution in [1.29, 1.82) is 0 Å². The van der Waals surface area contributed by atoms with Crippen LogP contribution in [-0.4, -0.2) is 6.29 Å². The fraction of sp³-hybridized carbons (Fsp3) is 0.235. The van der Waals surface area contributed by atoms with Gasteiger partial charge in [0.15, 0.2) is 6.29 Å². The quantitative estimate of drug-likeness (QED) is 0.710. The van der Waals surface area contributed by atoms with Gasteiger partial charge in [0.1, 0.15) is 0 Å². The first-order chi connectivity index (χ1) is 9.28. The molecule has 0 atom stereocenters. The van der Waals surface area contributed by atoms with Gasteiger partial charge in [0, 0.05) is 10.6 Å². The van der Waals surface area contributed by atoms with Crippen LogP contribution in [0.2, 0.25) is 5.02 Å². The first kappa shape index (κ1) is 12.4. The van der Waals surface area contributed by atoms with Crippen molar-refractivity contribution in [2.45, 2.75) is 25.2 Å². The Morgan fingerprint density at radius 1 is 1.05 bits per heavy atom. The molecule has 2 aromatic carbocycles. The summed E-state index contributed by atoms with van der Waals surface area (Å²) in [5.41, 5.74) is 4.04. The Morgan fingerprint density at radius 2 is 1.79 bits per heavy atom. The predicted molar refractivity (Wildman–Crippen MR) is 78.9 cm³/mol. The van der Waals surface area contributed by atoms with Crippen LogP contribution in [0.15, 0.2) is 42.5 Å². The van der Waals surface area contributed by atoms with Crippen LogP contribution in [-0.2, 0) is 0 Å². The average Bonchev–Trinajstić information content (AvgIpc) is 2.37. The van der Waals surface area contributed by atoms with E-state index in [4.69, 9.17) is 11.6 Å². The normalized spacial score (nSPS) is 15.0. The van der Waals surface area contributed by atoms with Crippen molar-refractivity contribution in [2.75, 3.05) is 0 Å². The topological polar surface area (TPSA) is 17.1 Å². The van der Waals surface area contributed by atoms with Gasteiger partial charge in [-0.2, -0.15) is 0 Å². The Morgan fingerprint density at radius 3 is 2.37 bits per heavy atom. The lowest BCUT2D eigenvalue weighted by Gasteiger charge is -2.25. The third-order valence-corrected chi connectivity index (χ3v) is 4.18. The second kappa shape index (κ2) is 5.18. The van der Waals surface area contributed by atoms with Gasteiger partial charge in [-0.15, -0.1) is 0 Å². The van der Waals surface area contributed by atoms with Crippen molar-refractivity contribution >= 4 is 17.9 Å². The van der Waals surface area contributed by atoms with Crippen LogP contribution in [0, 0.1) is 0 Å². The van der Waals surface area contributed by atoms with E-state index in [0.717, 1.165) is 23.3 Å². The molecule has 0 radical (unpaired) electrons. The smallest absolute Gasteiger partial charge is 0.150 e. The summed E-state index contributed by atoms with van der Waals surface area (Å²) in [5, 5.41) is 0.656. The van der Waals surface area contributed by atoms with Crippen molar-refractivity contribution < 1.29 is 4.79 Å². The van der Waals surface area contributed by atoms with Gasteiger partial charge < -0.3 is 0 Å². The summed E-state index contributed by atoms with van der Waals surface area (Å²) in [6, 6.07) is 13.9. The summed E-state index contributed by atoms with van der Waals surface area (Å²) in [6.07, 6.45) is 4.83. The average molecular weight is 271 g/mol. The lowest BCUT2D eigenvalue weighted by Crippen LogP contribution is -2.08. The van der Waals surface area contributed by atoms with Gasteiger partial charge in [0.05, 0.1) is 0 Å². The number of hydrogen-bond acceptors (Lipinski definition) is 1. The molecule has 0 aromatic heterocycles. The molecule has 1 nitrogen and oxygen atoms in total. The molecule has 1 aliphatic carbocycles. The highest BCUT2D eigenvalue weighted by molar-refractivity contribution is 6.31. The standard InChI is InChI=1S/C17H15ClO/c18-16-9-8-15(11-19)17(10-16)14-6-4-13(5-7-14)12-2-1-3-12/h4-12H,1-3H2. The molecule has 1 aliphatic rings. The van der Waals surface area contributed by atoms with Crippen LogP contribution in [0.25, 0.3) is 11.1 Å². The summed E-state index contributed by atoms with van der Waals surface area (Å²) in [6.45, 7) is 0. The van der Waals surface area contributed by atoms with Crippen LogP contribution >= 0.6 is 11.6 Å². The number of aldehydes is 1. The molecule has 2 heteroatoms. The van der Waals surface area contributed by atoms with E-state index in [2.05, 4.69) is 24.3 Å². The highest BCUT2D eigenvalue weighted by Crippen LogP contribution is 2.37. The van der Waals surface area contributed by atoms with E-state index >= 15 is 0 Å². The van der Waals surface area contributed by atoms with Gasteiger partial charge in [0.2, 0.25) is 0 Å². The number of rotatable bonds is 3. The summed E-state index contributed by atoms with van der Waals surface area (Å²) in [5.74, 6) is 0.735. The van der Waals surface area contributed by atoms with Crippen LogP contribution < -0.4 is 0 Å². The van der Waals surface area contributed by atoms with Gasteiger partial charge in [-0.25, -0.2) is 0 Å². The molecule has 0 amide bonds. The Bertz CT molecular complexity index is 597. The van der Waals surface area contributed by atoms with Crippen LogP contribution in [0.4, 0.5) is 0 Å². The second-order valence-electron chi connectivity index (χ2n) is 5.10. The molecule has 0 heterocycles. The lowest BCUT2D eigenvalue weighted by atomic mass is 9.80. The van der Waals surface area contributed by atoms with Crippen LogP contribution in [0.5, 0.6) is 0 Å². The van der Waals surface area contributed by atoms with Gasteiger partial charge in [-0.3, -0.25) is 4.79 Å². The number of carbonyl (C=O) groups excluding carboxylic acids is 1. The van der Waals surface area contributed by atoms with E-state index in [1.54, 1.807) is 12.1 Å². The van der Waals surface area contributed by atoms with Crippen LogP contribution in [0.3, 0.4) is 0 Å². The molecule has 0 unspecified atom stereocenters. The SMILES string of the molecule is O=Cc1ccc(Cl)cc1-c1ccc(C2CCC2)cc1. The highest BCUT2D eigenvalue weighted by atomic mass is 35.5. The maximum atomic E-state index is 11.1. The molecular formula is C17H15ClO. The van der Waals surface area contributed by atoms with E-state index in [1.165, 1.54) is 24.8 Å². The third kappa shape index (κ3) is 2.43. The molecule has 1 fully saturated rings. The van der Waals surface area contributed by atoms with E-state index in [0.29, 0.717) is 10.6 Å². The number of hydrogen-bond donors (Lipinski definition) is 0. The number of halogens is 1. The molecule has 96 valence electrons. The van der Waals surface area contributed by atoms with E-state index in [-0.39, 0.29) is 0 Å². The number of benzene rings is 2. The Balaban J connectivity index is 1.97. The molecule has 2 aromatic rings. The monoisotopic (exact) mass is 270 g/mol. The first-order valence-corrected chi connectivity index (χ1v) is 7.01. The molecule has 0 spiro atoms. The van der Waals surface area contributed by atoms with Gasteiger partial charge in [0.25, 0.3) is 0 Å². The third-order valence-electron chi connectivity index (χ3n) is 3.94. The molecule has 3 rings (SSSR count). The van der Waals surface area contributed by atoms with E-state index in [1.807, 2.05) is 6.07 Å². The van der Waals surface area contributed by atoms with Gasteiger partial charge in [-0.05, 0) is 53.6 Å². The zero-order valence-electron chi connectivity index (χ0n) is 10.6. The van der Waals surface area contributed by atoms with E-state index in [9.17, 15) is 4.79 Å². The summed E-state index contributed by atoms with van der Waals surface area (Å²) in [7, 11) is 0. The Kier molecular flexibility index (Phi) is 3.39. The minimum Gasteiger partial charge on any atom is -0.298 e. The van der Waals surface area contributed by atoms with Crippen molar-refractivity contribution in [2.24, 2.45) is 0 Å². The molecule has 1 saturated carbocycles. The zero-order chi connectivity index (χ0) is 13.2. The van der Waals surface area contributed by atoms with Crippen LogP contribution in [0.1, 0.15) is 41.1 Å². The summed E-state index contributed by atoms with van der Waals surface area (Å²) < 4.78 is 0. The fourth-order valence-electron chi connectivity index (χ4n) is 2.56. The fourth-order valence-corrected chi connectivity index (χ4v) is 2.73. The maximum absolute atomic E-state index is 11.1. The molecule has 0 N–H and O–H groups in total. The van der Waals surface area contributed by atoms with Crippen molar-refractivity contribution in [3.63, 3.8) is 0 Å². The van der Waals surface area contributed by atoms with Crippen molar-refractivity contribution in [3.05, 3.63) is 58.6 Å². The molecule has 0 bridgehead atoms. The second-order valence-corrected chi connectivity index (χ2v) is 5.54. The first-order valence-electron chi connectivity index (χ1n) is 6.63. The molecular weight excluding hydrogens is 256 g/mol. The lowest BCUT2D eigenvalue weighted by molar-refractivity contribution is 0.112. The number of carbonyl (C=O) groups is 1. The van der Waals surface area contributed by atoms with Crippen molar-refractivity contribution in [1.82, 2.24) is 0 Å². The molecule has 19 heavy (non-hydrogen) atoms. The molecule has 0 saturated heterocycles. The largest absolute Gasteiger partial charge is 0.298 e. The Hall–Kier alpha value is -1.60. The van der Waals surface area contributed by atoms with Crippen molar-refractivity contribution in [3.8, 4) is 11.1 Å².